The van der Waals surface area contributed by atoms with Gasteiger partial charge in [0.05, 0.1) is 12.0 Å². The van der Waals surface area contributed by atoms with Crippen molar-refractivity contribution in [3.05, 3.63) is 41.5 Å². The van der Waals surface area contributed by atoms with Gasteiger partial charge in [0, 0.05) is 84.2 Å². The zero-order chi connectivity index (χ0) is 27.6. The van der Waals surface area contributed by atoms with E-state index < -0.39 is 0 Å². The van der Waals surface area contributed by atoms with Gasteiger partial charge in [-0.3, -0.25) is 14.5 Å². The molecule has 2 atom stereocenters. The van der Waals surface area contributed by atoms with Crippen LogP contribution in [0.1, 0.15) is 30.4 Å². The zero-order valence-corrected chi connectivity index (χ0v) is 23.8. The standard InChI is InChI=1S/C30H41N7O3/c1-22-5-6-25(18-23(22)2)37-20-24(19-29(37)38)30(39)36-15-13-35(14-16-36)28-8-7-27(31-32-28)34-11-9-33(10-12-34)21-26-4-3-17-40-26/h5-8,18,24,26H,3-4,9-17,19-21H2,1-2H3. The van der Waals surface area contributed by atoms with E-state index in [0.717, 1.165) is 62.2 Å². The minimum absolute atomic E-state index is 0.0276. The Hall–Kier alpha value is -3.24. The number of nitrogens with zero attached hydrogens (tertiary/aromatic N) is 7. The van der Waals surface area contributed by atoms with Crippen molar-refractivity contribution in [1.82, 2.24) is 20.0 Å². The highest BCUT2D eigenvalue weighted by molar-refractivity contribution is 6.00. The SMILES string of the molecule is Cc1ccc(N2CC(C(=O)N3CCN(c4ccc(N5CCN(CC6CCCO6)CC5)nn4)CC3)CC2=O)cc1C. The Morgan fingerprint density at radius 3 is 2.17 bits per heavy atom. The number of benzene rings is 1. The van der Waals surface area contributed by atoms with Gasteiger partial charge >= 0.3 is 0 Å². The number of amides is 2. The molecule has 2 amide bonds. The normalized spacial score (nSPS) is 24.3. The van der Waals surface area contributed by atoms with E-state index in [1.54, 1.807) is 4.90 Å². The largest absolute Gasteiger partial charge is 0.377 e. The molecule has 0 radical (unpaired) electrons. The van der Waals surface area contributed by atoms with Gasteiger partial charge in [-0.2, -0.15) is 0 Å². The number of piperazine rings is 2. The van der Waals surface area contributed by atoms with Crippen molar-refractivity contribution < 1.29 is 14.3 Å². The molecule has 6 rings (SSSR count). The van der Waals surface area contributed by atoms with Crippen molar-refractivity contribution in [2.75, 3.05) is 86.8 Å². The molecule has 0 bridgehead atoms. The van der Waals surface area contributed by atoms with Gasteiger partial charge in [0.1, 0.15) is 0 Å². The Balaban J connectivity index is 0.975. The molecule has 4 saturated heterocycles. The molecule has 0 N–H and O–H groups in total. The van der Waals surface area contributed by atoms with Crippen LogP contribution < -0.4 is 14.7 Å². The van der Waals surface area contributed by atoms with E-state index in [4.69, 9.17) is 4.74 Å². The van der Waals surface area contributed by atoms with Gasteiger partial charge in [0.25, 0.3) is 0 Å². The average Bonchev–Trinajstić information content (AvgIpc) is 3.64. The number of carbonyl (C=O) groups excluding carboxylic acids is 2. The summed E-state index contributed by atoms with van der Waals surface area (Å²) in [5.41, 5.74) is 3.24. The molecule has 1 aromatic carbocycles. The lowest BCUT2D eigenvalue weighted by Gasteiger charge is -2.37. The van der Waals surface area contributed by atoms with Crippen LogP contribution in [0.3, 0.4) is 0 Å². The lowest BCUT2D eigenvalue weighted by Crippen LogP contribution is -2.51. The third-order valence-corrected chi connectivity index (χ3v) is 9.01. The summed E-state index contributed by atoms with van der Waals surface area (Å²) >= 11 is 0. The van der Waals surface area contributed by atoms with Gasteiger partial charge in [-0.25, -0.2) is 0 Å². The van der Waals surface area contributed by atoms with Gasteiger partial charge in [-0.05, 0) is 62.1 Å². The Morgan fingerprint density at radius 1 is 0.900 bits per heavy atom. The van der Waals surface area contributed by atoms with E-state index in [1.165, 1.54) is 18.4 Å². The molecule has 4 aliphatic rings. The van der Waals surface area contributed by atoms with E-state index in [2.05, 4.69) is 44.0 Å². The fraction of sp³-hybridized carbons (Fsp3) is 0.600. The number of anilines is 3. The van der Waals surface area contributed by atoms with Crippen LogP contribution in [0, 0.1) is 19.8 Å². The smallest absolute Gasteiger partial charge is 0.228 e. The highest BCUT2D eigenvalue weighted by Gasteiger charge is 2.38. The van der Waals surface area contributed by atoms with Crippen LogP contribution in [0.4, 0.5) is 17.3 Å². The molecular formula is C30H41N7O3. The fourth-order valence-corrected chi connectivity index (χ4v) is 6.32. The first-order valence-electron chi connectivity index (χ1n) is 14.8. The Morgan fingerprint density at radius 2 is 1.57 bits per heavy atom. The van der Waals surface area contributed by atoms with E-state index in [0.29, 0.717) is 38.8 Å². The summed E-state index contributed by atoms with van der Waals surface area (Å²) in [5, 5.41) is 9.09. The van der Waals surface area contributed by atoms with Crippen LogP contribution in [-0.4, -0.2) is 110 Å². The third-order valence-electron chi connectivity index (χ3n) is 9.01. The predicted octanol–water partition coefficient (Wildman–Crippen LogP) is 2.10. The monoisotopic (exact) mass is 547 g/mol. The van der Waals surface area contributed by atoms with Gasteiger partial charge in [0.2, 0.25) is 11.8 Å². The zero-order valence-electron chi connectivity index (χ0n) is 23.8. The van der Waals surface area contributed by atoms with Crippen LogP contribution in [-0.2, 0) is 14.3 Å². The Labute approximate surface area is 236 Å². The lowest BCUT2D eigenvalue weighted by molar-refractivity contribution is -0.136. The molecule has 0 aliphatic carbocycles. The van der Waals surface area contributed by atoms with Gasteiger partial charge in [-0.15, -0.1) is 10.2 Å². The van der Waals surface area contributed by atoms with Gasteiger partial charge in [0.15, 0.2) is 11.6 Å². The number of aryl methyl sites for hydroxylation is 2. The Bertz CT molecular complexity index is 1200. The molecule has 0 saturated carbocycles. The molecule has 214 valence electrons. The molecule has 2 aromatic rings. The molecular weight excluding hydrogens is 506 g/mol. The molecule has 10 heteroatoms. The second-order valence-corrected chi connectivity index (χ2v) is 11.7. The first-order valence-corrected chi connectivity index (χ1v) is 14.8. The van der Waals surface area contributed by atoms with Crippen LogP contribution in [0.15, 0.2) is 30.3 Å². The predicted molar refractivity (Wildman–Crippen MR) is 155 cm³/mol. The number of carbonyl (C=O) groups is 2. The van der Waals surface area contributed by atoms with Crippen LogP contribution in [0.25, 0.3) is 0 Å². The van der Waals surface area contributed by atoms with Crippen molar-refractivity contribution in [3.8, 4) is 0 Å². The van der Waals surface area contributed by atoms with E-state index in [9.17, 15) is 9.59 Å². The molecule has 2 unspecified atom stereocenters. The van der Waals surface area contributed by atoms with Crippen molar-refractivity contribution in [2.24, 2.45) is 5.92 Å². The summed E-state index contributed by atoms with van der Waals surface area (Å²) < 4.78 is 5.80. The average molecular weight is 548 g/mol. The van der Waals surface area contributed by atoms with E-state index in [-0.39, 0.29) is 24.2 Å². The minimum Gasteiger partial charge on any atom is -0.377 e. The summed E-state index contributed by atoms with van der Waals surface area (Å²) in [6, 6.07) is 10.2. The number of rotatable bonds is 6. The summed E-state index contributed by atoms with van der Waals surface area (Å²) in [7, 11) is 0. The molecule has 0 spiro atoms. The summed E-state index contributed by atoms with van der Waals surface area (Å²) in [4.78, 5) is 36.8. The van der Waals surface area contributed by atoms with Crippen molar-refractivity contribution in [1.29, 1.82) is 0 Å². The fourth-order valence-electron chi connectivity index (χ4n) is 6.32. The highest BCUT2D eigenvalue weighted by Crippen LogP contribution is 2.28. The topological polar surface area (TPSA) is 85.4 Å². The maximum atomic E-state index is 13.3. The molecule has 4 fully saturated rings. The maximum Gasteiger partial charge on any atom is 0.228 e. The van der Waals surface area contributed by atoms with Gasteiger partial charge in [-0.1, -0.05) is 6.07 Å². The molecule has 4 aliphatic heterocycles. The van der Waals surface area contributed by atoms with Crippen molar-refractivity contribution in [2.45, 2.75) is 39.2 Å². The number of hydrogen-bond acceptors (Lipinski definition) is 8. The summed E-state index contributed by atoms with van der Waals surface area (Å²) in [5.74, 6) is 1.60. The molecule has 40 heavy (non-hydrogen) atoms. The quantitative estimate of drug-likeness (QED) is 0.544. The van der Waals surface area contributed by atoms with Crippen molar-refractivity contribution in [3.63, 3.8) is 0 Å². The minimum atomic E-state index is -0.286. The van der Waals surface area contributed by atoms with Gasteiger partial charge < -0.3 is 24.3 Å². The second-order valence-electron chi connectivity index (χ2n) is 11.7. The second kappa shape index (κ2) is 11.7. The Kier molecular flexibility index (Phi) is 7.89. The number of hydrogen-bond donors (Lipinski definition) is 0. The first kappa shape index (κ1) is 27.0. The number of ether oxygens (including phenoxy) is 1. The van der Waals surface area contributed by atoms with Crippen molar-refractivity contribution >= 4 is 29.1 Å². The maximum absolute atomic E-state index is 13.3. The molecule has 5 heterocycles. The highest BCUT2D eigenvalue weighted by atomic mass is 16.5. The molecule has 1 aromatic heterocycles. The van der Waals surface area contributed by atoms with Crippen LogP contribution in [0.2, 0.25) is 0 Å². The first-order chi connectivity index (χ1) is 19.4. The van der Waals surface area contributed by atoms with Crippen LogP contribution in [0.5, 0.6) is 0 Å². The third kappa shape index (κ3) is 5.78. The lowest BCUT2D eigenvalue weighted by atomic mass is 10.1. The molecule has 10 nitrogen and oxygen atoms in total. The number of aromatic nitrogens is 2. The summed E-state index contributed by atoms with van der Waals surface area (Å²) in [6.45, 7) is 13.1. The summed E-state index contributed by atoms with van der Waals surface area (Å²) in [6.07, 6.45) is 3.05. The van der Waals surface area contributed by atoms with E-state index >= 15 is 0 Å². The van der Waals surface area contributed by atoms with E-state index in [1.807, 2.05) is 30.0 Å². The van der Waals surface area contributed by atoms with Crippen LogP contribution >= 0.6 is 0 Å².